The normalized spacial score (nSPS) is 25.2. The molecule has 4 heterocycles. The number of anilines is 1. The molecule has 1 aromatic carbocycles. The molecule has 3 fully saturated rings. The zero-order chi connectivity index (χ0) is 21.3. The van der Waals surface area contributed by atoms with Crippen LogP contribution in [0.25, 0.3) is 11.3 Å². The van der Waals surface area contributed by atoms with Crippen LogP contribution in [0.3, 0.4) is 0 Å². The van der Waals surface area contributed by atoms with Crippen molar-refractivity contribution in [3.05, 3.63) is 36.0 Å². The minimum Gasteiger partial charge on any atom is -0.378 e. The van der Waals surface area contributed by atoms with E-state index < -0.39 is 0 Å². The third kappa shape index (κ3) is 4.17. The highest BCUT2D eigenvalue weighted by Gasteiger charge is 2.41. The van der Waals surface area contributed by atoms with Gasteiger partial charge in [0.1, 0.15) is 0 Å². The molecule has 0 radical (unpaired) electrons. The summed E-state index contributed by atoms with van der Waals surface area (Å²) in [6, 6.07) is 11.2. The number of piperidine rings is 3. The number of aromatic nitrogens is 2. The van der Waals surface area contributed by atoms with Crippen LogP contribution in [0.4, 0.5) is 10.5 Å². The molecule has 162 valence electrons. The minimum atomic E-state index is -0.0618. The molecule has 1 unspecified atom stereocenters. The topological polar surface area (TPSA) is 65.4 Å². The Kier molecular flexibility index (Phi) is 5.99. The Morgan fingerprint density at radius 2 is 2.00 bits per heavy atom. The summed E-state index contributed by atoms with van der Waals surface area (Å²) in [6.07, 6.45) is 2.36. The summed E-state index contributed by atoms with van der Waals surface area (Å²) >= 11 is 0. The first-order valence-corrected chi connectivity index (χ1v) is 11.0. The predicted octanol–water partition coefficient (Wildman–Crippen LogP) is 2.65. The highest BCUT2D eigenvalue weighted by atomic mass is 16.2. The second-order valence-electron chi connectivity index (χ2n) is 8.80. The van der Waals surface area contributed by atoms with Gasteiger partial charge in [0.05, 0.1) is 5.69 Å². The monoisotopic (exact) mass is 410 g/mol. The van der Waals surface area contributed by atoms with E-state index in [1.807, 2.05) is 6.92 Å². The summed E-state index contributed by atoms with van der Waals surface area (Å²) < 4.78 is 2.07. The van der Waals surface area contributed by atoms with Gasteiger partial charge in [-0.3, -0.25) is 9.58 Å². The fraction of sp³-hybridized carbons (Fsp3) is 0.565. The summed E-state index contributed by atoms with van der Waals surface area (Å²) in [4.78, 5) is 16.4. The van der Waals surface area contributed by atoms with E-state index in [0.29, 0.717) is 24.4 Å². The van der Waals surface area contributed by atoms with Crippen molar-refractivity contribution < 1.29 is 4.79 Å². The Hall–Kier alpha value is -2.54. The van der Waals surface area contributed by atoms with E-state index in [4.69, 9.17) is 5.10 Å². The maximum absolute atomic E-state index is 11.8. The summed E-state index contributed by atoms with van der Waals surface area (Å²) in [7, 11) is 6.18. The number of amides is 2. The van der Waals surface area contributed by atoms with E-state index in [2.05, 4.69) is 76.6 Å². The summed E-state index contributed by atoms with van der Waals surface area (Å²) in [5.41, 5.74) is 4.72. The zero-order valence-electron chi connectivity index (χ0n) is 18.6. The molecule has 3 saturated heterocycles. The third-order valence-electron chi connectivity index (χ3n) is 6.69. The average Bonchev–Trinajstić information content (AvgIpc) is 3.14. The quantitative estimate of drug-likeness (QED) is 0.768. The molecule has 0 saturated carbocycles. The molecule has 5 rings (SSSR count). The van der Waals surface area contributed by atoms with E-state index >= 15 is 0 Å². The van der Waals surface area contributed by atoms with Crippen LogP contribution in [0.15, 0.2) is 30.3 Å². The van der Waals surface area contributed by atoms with E-state index in [-0.39, 0.29) is 6.03 Å². The Bertz CT molecular complexity index is 874. The molecule has 4 atom stereocenters. The van der Waals surface area contributed by atoms with Crippen LogP contribution in [0.2, 0.25) is 0 Å². The molecular weight excluding hydrogens is 376 g/mol. The molecule has 7 nitrogen and oxygen atoms in total. The molecule has 1 aromatic heterocycles. The van der Waals surface area contributed by atoms with E-state index in [9.17, 15) is 4.79 Å². The molecule has 0 spiro atoms. The molecule has 3 aliphatic rings. The van der Waals surface area contributed by atoms with Crippen molar-refractivity contribution in [2.24, 2.45) is 13.0 Å². The van der Waals surface area contributed by atoms with Crippen LogP contribution in [-0.4, -0.2) is 67.0 Å². The van der Waals surface area contributed by atoms with Crippen molar-refractivity contribution in [3.8, 4) is 11.3 Å². The Labute approximate surface area is 179 Å². The lowest BCUT2D eigenvalue weighted by atomic mass is 9.74. The number of hydrogen-bond donors (Lipinski definition) is 2. The molecule has 2 N–H and O–H groups in total. The van der Waals surface area contributed by atoms with Gasteiger partial charge in [0.25, 0.3) is 0 Å². The molecule has 2 bridgehead atoms. The number of rotatable bonds is 6. The number of nitrogens with one attached hydrogen (secondary N) is 2. The van der Waals surface area contributed by atoms with Gasteiger partial charge in [-0.15, -0.1) is 0 Å². The van der Waals surface area contributed by atoms with Crippen LogP contribution >= 0.6 is 0 Å². The number of fused-ring (bicyclic) bond motifs is 3. The molecule has 30 heavy (non-hydrogen) atoms. The van der Waals surface area contributed by atoms with Gasteiger partial charge in [-0.25, -0.2) is 4.79 Å². The number of carbonyl (C=O) groups is 1. The van der Waals surface area contributed by atoms with Crippen LogP contribution in [0.1, 0.15) is 31.4 Å². The Morgan fingerprint density at radius 3 is 2.63 bits per heavy atom. The Balaban J connectivity index is 1.45. The van der Waals surface area contributed by atoms with Crippen molar-refractivity contribution in [3.63, 3.8) is 0 Å². The largest absolute Gasteiger partial charge is 0.378 e. The molecule has 0 aliphatic carbocycles. The van der Waals surface area contributed by atoms with E-state index in [1.54, 1.807) is 0 Å². The SMILES string of the molecule is CCNC(=O)NC[C@H]1C[C@@H]2CCN1C[C@@H]2c1cc(-c2ccc(N(C)C)cc2)nn1C. The maximum atomic E-state index is 11.8. The van der Waals surface area contributed by atoms with Gasteiger partial charge in [-0.1, -0.05) is 12.1 Å². The van der Waals surface area contributed by atoms with Gasteiger partial charge >= 0.3 is 6.03 Å². The van der Waals surface area contributed by atoms with Gasteiger partial charge in [-0.2, -0.15) is 5.10 Å². The number of carbonyl (C=O) groups excluding carboxylic acids is 1. The van der Waals surface area contributed by atoms with Gasteiger partial charge < -0.3 is 15.5 Å². The number of urea groups is 1. The van der Waals surface area contributed by atoms with E-state index in [1.165, 1.54) is 17.8 Å². The molecule has 2 amide bonds. The second-order valence-corrected chi connectivity index (χ2v) is 8.80. The zero-order valence-corrected chi connectivity index (χ0v) is 18.6. The van der Waals surface area contributed by atoms with Crippen LogP contribution in [0, 0.1) is 5.92 Å². The average molecular weight is 411 g/mol. The predicted molar refractivity (Wildman–Crippen MR) is 121 cm³/mol. The van der Waals surface area contributed by atoms with Gasteiger partial charge in [0.15, 0.2) is 0 Å². The van der Waals surface area contributed by atoms with Crippen LogP contribution in [-0.2, 0) is 7.05 Å². The lowest BCUT2D eigenvalue weighted by Gasteiger charge is -2.49. The summed E-state index contributed by atoms with van der Waals surface area (Å²) in [5.74, 6) is 1.15. The lowest BCUT2D eigenvalue weighted by molar-refractivity contribution is 0.0294. The first kappa shape index (κ1) is 20.7. The number of benzene rings is 1. The number of nitrogens with zero attached hydrogens (tertiary/aromatic N) is 4. The van der Waals surface area contributed by atoms with Crippen molar-refractivity contribution in [2.75, 3.05) is 45.2 Å². The van der Waals surface area contributed by atoms with Crippen molar-refractivity contribution >= 4 is 11.7 Å². The molecular formula is C23H34N6O. The molecule has 3 aliphatic heterocycles. The molecule has 2 aromatic rings. The minimum absolute atomic E-state index is 0.0618. The van der Waals surface area contributed by atoms with Crippen molar-refractivity contribution in [1.82, 2.24) is 25.3 Å². The first-order chi connectivity index (χ1) is 14.5. The van der Waals surface area contributed by atoms with E-state index in [0.717, 1.165) is 37.3 Å². The maximum Gasteiger partial charge on any atom is 0.314 e. The van der Waals surface area contributed by atoms with Crippen molar-refractivity contribution in [1.29, 1.82) is 0 Å². The fourth-order valence-corrected chi connectivity index (χ4v) is 5.02. The second kappa shape index (κ2) is 8.68. The smallest absolute Gasteiger partial charge is 0.314 e. The standard InChI is InChI=1S/C23H34N6O/c1-5-24-23(30)25-14-19-12-17-10-11-29(19)15-20(17)22-13-21(26-28(22)4)16-6-8-18(9-7-16)27(2)3/h6-9,13,17,19-20H,5,10-12,14-15H2,1-4H3,(H2,24,25,30)/t17-,19+,20-/m0/s1. The third-order valence-corrected chi connectivity index (χ3v) is 6.69. The summed E-state index contributed by atoms with van der Waals surface area (Å²) in [5, 5.41) is 10.7. The number of hydrogen-bond acceptors (Lipinski definition) is 4. The highest BCUT2D eigenvalue weighted by Crippen LogP contribution is 2.42. The molecule has 7 heteroatoms. The van der Waals surface area contributed by atoms with Gasteiger partial charge in [0, 0.05) is 69.7 Å². The highest BCUT2D eigenvalue weighted by molar-refractivity contribution is 5.73. The van der Waals surface area contributed by atoms with Gasteiger partial charge in [0.2, 0.25) is 0 Å². The number of aryl methyl sites for hydroxylation is 1. The fourth-order valence-electron chi connectivity index (χ4n) is 5.02. The lowest BCUT2D eigenvalue weighted by Crippen LogP contribution is -2.56. The Morgan fingerprint density at radius 1 is 1.23 bits per heavy atom. The van der Waals surface area contributed by atoms with Crippen LogP contribution < -0.4 is 15.5 Å². The van der Waals surface area contributed by atoms with Crippen molar-refractivity contribution in [2.45, 2.75) is 31.7 Å². The van der Waals surface area contributed by atoms with Gasteiger partial charge in [-0.05, 0) is 50.4 Å². The summed E-state index contributed by atoms with van der Waals surface area (Å²) in [6.45, 7) is 5.50. The first-order valence-electron chi connectivity index (χ1n) is 11.0. The van der Waals surface area contributed by atoms with Crippen LogP contribution in [0.5, 0.6) is 0 Å².